The molecule has 4 amide bonds. The standard InChI is InChI=1S/C32H40N6O5/c1-21(39)22-11-9-12-24(19-22)34-30(41)36-25(15-10-18-38(5)6)23-16-17-28(33-20-23)29(40)35-26-13-7-8-14-27(26)37-31(42)43-32(2,3)4/h7-9,11-14,16-17,19-20,25H,10,15,18H2,1-6H3,(H,35,40)(H,37,42)(H2,34,36,41). The van der Waals surface area contributed by atoms with Crippen molar-refractivity contribution >= 4 is 40.9 Å². The fourth-order valence-electron chi connectivity index (χ4n) is 4.12. The number of hydrogen-bond donors (Lipinski definition) is 4. The lowest BCUT2D eigenvalue weighted by Crippen LogP contribution is -2.33. The fraction of sp³-hybridized carbons (Fsp3) is 0.344. The third kappa shape index (κ3) is 10.9. The summed E-state index contributed by atoms with van der Waals surface area (Å²) in [5, 5.41) is 11.2. The summed E-state index contributed by atoms with van der Waals surface area (Å²) in [6.07, 6.45) is 2.37. The molecule has 0 saturated carbocycles. The molecular weight excluding hydrogens is 548 g/mol. The number of amides is 4. The normalized spacial score (nSPS) is 11.8. The number of para-hydroxylation sites is 2. The number of benzene rings is 2. The quantitative estimate of drug-likeness (QED) is 0.199. The lowest BCUT2D eigenvalue weighted by Gasteiger charge is -2.21. The van der Waals surface area contributed by atoms with Crippen LogP contribution in [0.4, 0.5) is 26.7 Å². The summed E-state index contributed by atoms with van der Waals surface area (Å²) in [6, 6.07) is 16.1. The summed E-state index contributed by atoms with van der Waals surface area (Å²) in [5.74, 6) is -0.561. The van der Waals surface area contributed by atoms with Crippen molar-refractivity contribution < 1.29 is 23.9 Å². The van der Waals surface area contributed by atoms with Crippen molar-refractivity contribution in [3.8, 4) is 0 Å². The summed E-state index contributed by atoms with van der Waals surface area (Å²) in [5.41, 5.74) is 1.99. The second-order valence-electron chi connectivity index (χ2n) is 11.3. The van der Waals surface area contributed by atoms with Gasteiger partial charge in [-0.3, -0.25) is 19.9 Å². The Morgan fingerprint density at radius 1 is 0.907 bits per heavy atom. The third-order valence-corrected chi connectivity index (χ3v) is 6.16. The maximum atomic E-state index is 13.0. The summed E-state index contributed by atoms with van der Waals surface area (Å²) in [7, 11) is 3.96. The van der Waals surface area contributed by atoms with Crippen molar-refractivity contribution in [3.05, 3.63) is 83.7 Å². The van der Waals surface area contributed by atoms with Crippen LogP contribution in [0.15, 0.2) is 66.9 Å². The number of carbonyl (C=O) groups excluding carboxylic acids is 4. The van der Waals surface area contributed by atoms with E-state index in [0.29, 0.717) is 29.0 Å². The van der Waals surface area contributed by atoms with E-state index in [2.05, 4.69) is 31.2 Å². The molecule has 0 aliphatic heterocycles. The largest absolute Gasteiger partial charge is 0.444 e. The van der Waals surface area contributed by atoms with Gasteiger partial charge in [0.1, 0.15) is 11.3 Å². The number of Topliss-reactive ketones (excluding diaryl/α,β-unsaturated/α-hetero) is 1. The first kappa shape index (κ1) is 32.7. The molecule has 1 aromatic heterocycles. The van der Waals surface area contributed by atoms with Crippen LogP contribution in [0.3, 0.4) is 0 Å². The summed E-state index contributed by atoms with van der Waals surface area (Å²) in [4.78, 5) is 56.3. The minimum Gasteiger partial charge on any atom is -0.444 e. The van der Waals surface area contributed by atoms with E-state index < -0.39 is 23.6 Å². The van der Waals surface area contributed by atoms with Gasteiger partial charge in [0.15, 0.2) is 5.78 Å². The molecule has 43 heavy (non-hydrogen) atoms. The minimum atomic E-state index is -0.672. The predicted molar refractivity (Wildman–Crippen MR) is 168 cm³/mol. The number of anilines is 3. The molecule has 2 aromatic carbocycles. The Balaban J connectivity index is 1.71. The highest BCUT2D eigenvalue weighted by molar-refractivity contribution is 6.05. The van der Waals surface area contributed by atoms with Gasteiger partial charge >= 0.3 is 12.1 Å². The topological polar surface area (TPSA) is 142 Å². The number of hydrogen-bond acceptors (Lipinski definition) is 7. The molecule has 1 atom stereocenters. The van der Waals surface area contributed by atoms with Crippen molar-refractivity contribution in [2.24, 2.45) is 0 Å². The van der Waals surface area contributed by atoms with Crippen LogP contribution in [0.25, 0.3) is 0 Å². The molecule has 0 saturated heterocycles. The van der Waals surface area contributed by atoms with Gasteiger partial charge in [-0.2, -0.15) is 0 Å². The van der Waals surface area contributed by atoms with Gasteiger partial charge in [-0.05, 0) is 97.1 Å². The number of ether oxygens (including phenoxy) is 1. The highest BCUT2D eigenvalue weighted by atomic mass is 16.6. The van der Waals surface area contributed by atoms with E-state index in [1.807, 2.05) is 14.1 Å². The third-order valence-electron chi connectivity index (χ3n) is 6.16. The molecule has 3 aromatic rings. The van der Waals surface area contributed by atoms with E-state index in [0.717, 1.165) is 18.5 Å². The maximum absolute atomic E-state index is 13.0. The zero-order valence-corrected chi connectivity index (χ0v) is 25.5. The zero-order valence-electron chi connectivity index (χ0n) is 25.5. The van der Waals surface area contributed by atoms with Crippen molar-refractivity contribution in [3.63, 3.8) is 0 Å². The fourth-order valence-corrected chi connectivity index (χ4v) is 4.12. The molecule has 4 N–H and O–H groups in total. The Morgan fingerprint density at radius 3 is 2.21 bits per heavy atom. The van der Waals surface area contributed by atoms with Gasteiger partial charge in [-0.25, -0.2) is 9.59 Å². The molecular formula is C32H40N6O5. The molecule has 1 unspecified atom stereocenters. The Kier molecular flexibility index (Phi) is 11.4. The van der Waals surface area contributed by atoms with Gasteiger partial charge in [-0.15, -0.1) is 0 Å². The van der Waals surface area contributed by atoms with Crippen LogP contribution < -0.4 is 21.3 Å². The summed E-state index contributed by atoms with van der Waals surface area (Å²) in [6.45, 7) is 7.58. The van der Waals surface area contributed by atoms with Gasteiger partial charge in [0.05, 0.1) is 17.4 Å². The molecule has 0 spiro atoms. The first-order valence-electron chi connectivity index (χ1n) is 14.0. The number of urea groups is 1. The van der Waals surface area contributed by atoms with Crippen LogP contribution in [0, 0.1) is 0 Å². The molecule has 0 fully saturated rings. The van der Waals surface area contributed by atoms with E-state index in [1.165, 1.54) is 6.92 Å². The average molecular weight is 589 g/mol. The molecule has 0 radical (unpaired) electrons. The van der Waals surface area contributed by atoms with E-state index in [4.69, 9.17) is 4.74 Å². The van der Waals surface area contributed by atoms with Gasteiger partial charge in [0.25, 0.3) is 5.91 Å². The molecule has 228 valence electrons. The molecule has 0 aliphatic rings. The summed E-state index contributed by atoms with van der Waals surface area (Å²) < 4.78 is 5.31. The first-order chi connectivity index (χ1) is 20.3. The van der Waals surface area contributed by atoms with Gasteiger partial charge < -0.3 is 25.6 Å². The van der Waals surface area contributed by atoms with Crippen LogP contribution >= 0.6 is 0 Å². The SMILES string of the molecule is CC(=O)c1cccc(NC(=O)NC(CCCN(C)C)c2ccc(C(=O)Nc3ccccc3NC(=O)OC(C)(C)C)nc2)c1. The van der Waals surface area contributed by atoms with Crippen LogP contribution in [-0.2, 0) is 4.74 Å². The number of rotatable bonds is 11. The van der Waals surface area contributed by atoms with Gasteiger partial charge in [-0.1, -0.05) is 30.3 Å². The molecule has 0 bridgehead atoms. The maximum Gasteiger partial charge on any atom is 0.412 e. The lowest BCUT2D eigenvalue weighted by molar-refractivity contribution is 0.0635. The van der Waals surface area contributed by atoms with Crippen LogP contribution in [-0.4, -0.2) is 59.9 Å². The molecule has 3 rings (SSSR count). The van der Waals surface area contributed by atoms with Crippen molar-refractivity contribution in [2.75, 3.05) is 36.6 Å². The Morgan fingerprint density at radius 2 is 1.60 bits per heavy atom. The predicted octanol–water partition coefficient (Wildman–Crippen LogP) is 6.09. The van der Waals surface area contributed by atoms with Gasteiger partial charge in [0.2, 0.25) is 0 Å². The summed E-state index contributed by atoms with van der Waals surface area (Å²) >= 11 is 0. The second-order valence-corrected chi connectivity index (χ2v) is 11.3. The van der Waals surface area contributed by atoms with Crippen molar-refractivity contribution in [1.29, 1.82) is 0 Å². The minimum absolute atomic E-state index is 0.0939. The smallest absolute Gasteiger partial charge is 0.412 e. The highest BCUT2D eigenvalue weighted by Crippen LogP contribution is 2.24. The zero-order chi connectivity index (χ0) is 31.6. The molecule has 11 heteroatoms. The number of pyridine rings is 1. The Labute approximate surface area is 252 Å². The van der Waals surface area contributed by atoms with Crippen LogP contribution in [0.5, 0.6) is 0 Å². The average Bonchev–Trinajstić information content (AvgIpc) is 2.92. The van der Waals surface area contributed by atoms with E-state index in [9.17, 15) is 19.2 Å². The van der Waals surface area contributed by atoms with Crippen molar-refractivity contribution in [2.45, 2.75) is 52.2 Å². The van der Waals surface area contributed by atoms with Gasteiger partial charge in [0, 0.05) is 17.4 Å². The number of aromatic nitrogens is 1. The monoisotopic (exact) mass is 588 g/mol. The molecule has 0 aliphatic carbocycles. The van der Waals surface area contributed by atoms with Crippen molar-refractivity contribution in [1.82, 2.24) is 15.2 Å². The molecule has 11 nitrogen and oxygen atoms in total. The number of nitrogens with zero attached hydrogens (tertiary/aromatic N) is 2. The first-order valence-corrected chi connectivity index (χ1v) is 14.0. The number of nitrogens with one attached hydrogen (secondary N) is 4. The highest BCUT2D eigenvalue weighted by Gasteiger charge is 2.19. The van der Waals surface area contributed by atoms with E-state index >= 15 is 0 Å². The van der Waals surface area contributed by atoms with Crippen LogP contribution in [0.2, 0.25) is 0 Å². The number of carbonyl (C=O) groups is 4. The van der Waals surface area contributed by atoms with E-state index in [-0.39, 0.29) is 17.5 Å². The Hall–Kier alpha value is -4.77. The Bertz CT molecular complexity index is 1430. The molecule has 1 heterocycles. The number of ketones is 1. The van der Waals surface area contributed by atoms with E-state index in [1.54, 1.807) is 87.6 Å². The second kappa shape index (κ2) is 14.9. The van der Waals surface area contributed by atoms with Crippen LogP contribution in [0.1, 0.15) is 73.0 Å². The lowest BCUT2D eigenvalue weighted by atomic mass is 10.0.